The summed E-state index contributed by atoms with van der Waals surface area (Å²) in [4.78, 5) is 31.2. The number of hydrogen-bond acceptors (Lipinski definition) is 5. The van der Waals surface area contributed by atoms with Crippen molar-refractivity contribution in [1.29, 1.82) is 0 Å². The first-order chi connectivity index (χ1) is 15.3. The van der Waals surface area contributed by atoms with Gasteiger partial charge in [0.05, 0.1) is 11.4 Å². The molecular weight excluding hydrogens is 479 g/mol. The van der Waals surface area contributed by atoms with Crippen LogP contribution in [-0.2, 0) is 6.67 Å². The number of alkyl halides is 1. The van der Waals surface area contributed by atoms with Crippen molar-refractivity contribution in [3.8, 4) is 22.9 Å². The number of aromatic nitrogens is 6. The second-order valence-electron chi connectivity index (χ2n) is 7.51. The van der Waals surface area contributed by atoms with Gasteiger partial charge in [-0.1, -0.05) is 12.1 Å². The van der Waals surface area contributed by atoms with E-state index in [0.29, 0.717) is 28.5 Å². The topological polar surface area (TPSA) is 87.6 Å². The molecule has 0 aliphatic rings. The van der Waals surface area contributed by atoms with Gasteiger partial charge in [0.15, 0.2) is 5.82 Å². The van der Waals surface area contributed by atoms with Crippen LogP contribution in [-0.4, -0.2) is 28.9 Å². The maximum absolute atomic E-state index is 13.5. The van der Waals surface area contributed by atoms with Crippen LogP contribution in [0, 0.1) is 6.92 Å². The van der Waals surface area contributed by atoms with E-state index in [-0.39, 0.29) is 5.69 Å². The highest BCUT2D eigenvalue weighted by Crippen LogP contribution is 2.22. The SMILES string of the molecule is Cc1c(-n2cnnc2-c2ccc(Br)cn2)c(=O)n(C(C)C)c(=O)n1-c1cccc(CF)c1. The zero-order chi connectivity index (χ0) is 23.0. The molecule has 4 aromatic rings. The molecule has 0 atom stereocenters. The number of benzene rings is 1. The molecule has 0 saturated carbocycles. The number of pyridine rings is 1. The molecule has 3 heterocycles. The van der Waals surface area contributed by atoms with E-state index in [4.69, 9.17) is 0 Å². The molecule has 32 heavy (non-hydrogen) atoms. The molecule has 0 saturated heterocycles. The van der Waals surface area contributed by atoms with Crippen molar-refractivity contribution in [1.82, 2.24) is 28.9 Å². The fraction of sp³-hybridized carbons (Fsp3) is 0.227. The first-order valence-electron chi connectivity index (χ1n) is 9.89. The average molecular weight is 499 g/mol. The van der Waals surface area contributed by atoms with Crippen molar-refractivity contribution in [3.63, 3.8) is 0 Å². The van der Waals surface area contributed by atoms with Crippen LogP contribution < -0.4 is 11.2 Å². The highest BCUT2D eigenvalue weighted by Gasteiger charge is 2.23. The van der Waals surface area contributed by atoms with E-state index in [1.807, 2.05) is 6.07 Å². The highest BCUT2D eigenvalue weighted by atomic mass is 79.9. The van der Waals surface area contributed by atoms with E-state index in [0.717, 1.165) is 4.47 Å². The summed E-state index contributed by atoms with van der Waals surface area (Å²) in [6.45, 7) is 4.52. The first kappa shape index (κ1) is 21.8. The fourth-order valence-electron chi connectivity index (χ4n) is 3.61. The average Bonchev–Trinajstić information content (AvgIpc) is 3.23. The minimum atomic E-state index is -0.664. The molecule has 0 aliphatic heterocycles. The molecular formula is C22H20BrFN6O2. The summed E-state index contributed by atoms with van der Waals surface area (Å²) in [6.07, 6.45) is 3.04. The second-order valence-corrected chi connectivity index (χ2v) is 8.43. The van der Waals surface area contributed by atoms with Gasteiger partial charge in [-0.05, 0) is 66.5 Å². The Morgan fingerprint density at radius 3 is 2.59 bits per heavy atom. The highest BCUT2D eigenvalue weighted by molar-refractivity contribution is 9.10. The number of nitrogens with zero attached hydrogens (tertiary/aromatic N) is 6. The summed E-state index contributed by atoms with van der Waals surface area (Å²) in [6, 6.07) is 9.77. The van der Waals surface area contributed by atoms with Crippen LogP contribution in [0.5, 0.6) is 0 Å². The molecule has 0 fully saturated rings. The second kappa shape index (κ2) is 8.62. The molecule has 0 radical (unpaired) electrons. The third-order valence-electron chi connectivity index (χ3n) is 5.08. The van der Waals surface area contributed by atoms with Crippen LogP contribution in [0.3, 0.4) is 0 Å². The standard InChI is InChI=1S/C22H20BrFN6O2/c1-13(2)29-21(31)19(28-12-26-27-20(28)18-8-7-16(23)11-25-18)14(3)30(22(29)32)17-6-4-5-15(9-17)10-24/h4-9,11-13H,10H2,1-3H3. The number of rotatable bonds is 5. The molecule has 3 aromatic heterocycles. The Balaban J connectivity index is 2.06. The van der Waals surface area contributed by atoms with Gasteiger partial charge in [0.25, 0.3) is 5.56 Å². The van der Waals surface area contributed by atoms with Gasteiger partial charge >= 0.3 is 5.69 Å². The van der Waals surface area contributed by atoms with E-state index in [9.17, 15) is 14.0 Å². The largest absolute Gasteiger partial charge is 0.336 e. The van der Waals surface area contributed by atoms with Crippen molar-refractivity contribution in [2.75, 3.05) is 0 Å². The van der Waals surface area contributed by atoms with Crippen LogP contribution >= 0.6 is 15.9 Å². The van der Waals surface area contributed by atoms with Crippen LogP contribution in [0.15, 0.2) is 63.0 Å². The minimum Gasteiger partial charge on any atom is -0.273 e. The Kier molecular flexibility index (Phi) is 5.88. The Morgan fingerprint density at radius 2 is 1.94 bits per heavy atom. The van der Waals surface area contributed by atoms with Crippen molar-refractivity contribution >= 4 is 15.9 Å². The van der Waals surface area contributed by atoms with Gasteiger partial charge in [0.2, 0.25) is 0 Å². The first-order valence-corrected chi connectivity index (χ1v) is 10.7. The van der Waals surface area contributed by atoms with Gasteiger partial charge in [-0.3, -0.25) is 23.5 Å². The minimum absolute atomic E-state index is 0.216. The normalized spacial score (nSPS) is 11.3. The fourth-order valence-corrected chi connectivity index (χ4v) is 3.84. The zero-order valence-electron chi connectivity index (χ0n) is 17.7. The smallest absolute Gasteiger partial charge is 0.273 e. The molecule has 4 rings (SSSR count). The Bertz CT molecular complexity index is 1410. The van der Waals surface area contributed by atoms with Gasteiger partial charge in [-0.2, -0.15) is 0 Å². The lowest BCUT2D eigenvalue weighted by Crippen LogP contribution is -2.43. The van der Waals surface area contributed by atoms with Crippen molar-refractivity contribution in [3.05, 3.63) is 85.5 Å². The molecule has 10 heteroatoms. The lowest BCUT2D eigenvalue weighted by atomic mass is 10.2. The Hall–Kier alpha value is -3.40. The number of halogens is 2. The molecule has 0 spiro atoms. The lowest BCUT2D eigenvalue weighted by molar-refractivity contribution is 0.485. The van der Waals surface area contributed by atoms with Crippen LogP contribution in [0.4, 0.5) is 4.39 Å². The lowest BCUT2D eigenvalue weighted by Gasteiger charge is -2.20. The predicted molar refractivity (Wildman–Crippen MR) is 122 cm³/mol. The zero-order valence-corrected chi connectivity index (χ0v) is 19.2. The molecule has 0 N–H and O–H groups in total. The quantitative estimate of drug-likeness (QED) is 0.418. The van der Waals surface area contributed by atoms with E-state index in [2.05, 4.69) is 31.1 Å². The summed E-state index contributed by atoms with van der Waals surface area (Å²) < 4.78 is 18.2. The summed E-state index contributed by atoms with van der Waals surface area (Å²) in [7, 11) is 0. The van der Waals surface area contributed by atoms with Gasteiger partial charge < -0.3 is 0 Å². The molecule has 164 valence electrons. The third-order valence-corrected chi connectivity index (χ3v) is 5.55. The van der Waals surface area contributed by atoms with E-state index >= 15 is 0 Å². The van der Waals surface area contributed by atoms with Crippen LogP contribution in [0.25, 0.3) is 22.9 Å². The molecule has 8 nitrogen and oxygen atoms in total. The van der Waals surface area contributed by atoms with Crippen molar-refractivity contribution < 1.29 is 4.39 Å². The summed E-state index contributed by atoms with van der Waals surface area (Å²) >= 11 is 3.35. The van der Waals surface area contributed by atoms with E-state index in [1.165, 1.54) is 20.0 Å². The Labute approximate surface area is 191 Å². The van der Waals surface area contributed by atoms with Crippen molar-refractivity contribution in [2.45, 2.75) is 33.5 Å². The predicted octanol–water partition coefficient (Wildman–Crippen LogP) is 3.76. The van der Waals surface area contributed by atoms with Gasteiger partial charge in [0.1, 0.15) is 24.4 Å². The summed E-state index contributed by atoms with van der Waals surface area (Å²) in [5.41, 5.74) is 1.03. The molecule has 0 amide bonds. The summed E-state index contributed by atoms with van der Waals surface area (Å²) in [5.74, 6) is 0.357. The monoisotopic (exact) mass is 498 g/mol. The number of hydrogen-bond donors (Lipinski definition) is 0. The van der Waals surface area contributed by atoms with Crippen LogP contribution in [0.2, 0.25) is 0 Å². The van der Waals surface area contributed by atoms with E-state index < -0.39 is 24.0 Å². The maximum Gasteiger partial charge on any atom is 0.336 e. The third kappa shape index (κ3) is 3.70. The van der Waals surface area contributed by atoms with Gasteiger partial charge in [0, 0.05) is 16.7 Å². The van der Waals surface area contributed by atoms with Crippen LogP contribution in [0.1, 0.15) is 31.1 Å². The maximum atomic E-state index is 13.5. The molecule has 0 unspecified atom stereocenters. The van der Waals surface area contributed by atoms with Gasteiger partial charge in [-0.15, -0.1) is 10.2 Å². The van der Waals surface area contributed by atoms with E-state index in [1.54, 1.807) is 57.3 Å². The van der Waals surface area contributed by atoms with Gasteiger partial charge in [-0.25, -0.2) is 9.18 Å². The molecule has 0 aliphatic carbocycles. The molecule has 1 aromatic carbocycles. The Morgan fingerprint density at radius 1 is 1.16 bits per heavy atom. The van der Waals surface area contributed by atoms with Crippen molar-refractivity contribution in [2.24, 2.45) is 0 Å². The molecule has 0 bridgehead atoms. The summed E-state index contributed by atoms with van der Waals surface area (Å²) in [5, 5.41) is 8.13.